The van der Waals surface area contributed by atoms with Crippen LogP contribution in [0.15, 0.2) is 61.2 Å². The van der Waals surface area contributed by atoms with Crippen molar-refractivity contribution < 1.29 is 4.74 Å². The average Bonchev–Trinajstić information content (AvgIpc) is 3.20. The van der Waals surface area contributed by atoms with E-state index < -0.39 is 0 Å². The minimum atomic E-state index is 0.699. The molecule has 0 aliphatic rings. The molecule has 0 radical (unpaired) electrons. The summed E-state index contributed by atoms with van der Waals surface area (Å²) in [6, 6.07) is 16.5. The fourth-order valence-corrected chi connectivity index (χ4v) is 2.89. The highest BCUT2D eigenvalue weighted by Gasteiger charge is 2.07. The topological polar surface area (TPSA) is 50.8 Å². The van der Waals surface area contributed by atoms with Crippen LogP contribution in [0, 0.1) is 11.3 Å². The Labute approximate surface area is 148 Å². The number of nitrogens with zero attached hydrogens (tertiary/aromatic N) is 3. The molecule has 0 unspecified atom stereocenters. The lowest BCUT2D eigenvalue weighted by Crippen LogP contribution is -1.98. The highest BCUT2D eigenvalue weighted by atomic mass is 16.5. The van der Waals surface area contributed by atoms with Crippen LogP contribution < -0.4 is 0 Å². The highest BCUT2D eigenvalue weighted by Crippen LogP contribution is 2.27. The molecule has 4 heteroatoms. The number of benzene rings is 2. The van der Waals surface area contributed by atoms with E-state index in [1.807, 2.05) is 35.9 Å². The summed E-state index contributed by atoms with van der Waals surface area (Å²) >= 11 is 0. The summed E-state index contributed by atoms with van der Waals surface area (Å²) in [7, 11) is 0. The molecule has 0 saturated heterocycles. The van der Waals surface area contributed by atoms with Gasteiger partial charge in [0.1, 0.15) is 0 Å². The van der Waals surface area contributed by atoms with E-state index in [1.165, 1.54) is 11.1 Å². The molecule has 3 aromatic rings. The van der Waals surface area contributed by atoms with E-state index in [-0.39, 0.29) is 0 Å². The second kappa shape index (κ2) is 8.27. The van der Waals surface area contributed by atoms with Gasteiger partial charge in [0, 0.05) is 31.3 Å². The van der Waals surface area contributed by atoms with Crippen molar-refractivity contribution in [3.05, 3.63) is 72.3 Å². The van der Waals surface area contributed by atoms with Gasteiger partial charge in [0.15, 0.2) is 0 Å². The highest BCUT2D eigenvalue weighted by molar-refractivity contribution is 5.69. The Morgan fingerprint density at radius 3 is 2.68 bits per heavy atom. The summed E-state index contributed by atoms with van der Waals surface area (Å²) < 4.78 is 7.42. The molecular formula is C21H21N3O. The standard InChI is InChI=1S/C21H21N3O/c1-2-25-13-3-4-19-14-17(15-22)5-10-21(19)18-6-8-20(9-7-18)24-12-11-23-16-24/h5-12,14,16H,2-4,13H2,1H3. The van der Waals surface area contributed by atoms with Crippen LogP contribution in [0.25, 0.3) is 16.8 Å². The van der Waals surface area contributed by atoms with Crippen LogP contribution in [0.1, 0.15) is 24.5 Å². The first kappa shape index (κ1) is 16.9. The molecule has 0 spiro atoms. The number of hydrogen-bond acceptors (Lipinski definition) is 3. The van der Waals surface area contributed by atoms with Gasteiger partial charge < -0.3 is 9.30 Å². The van der Waals surface area contributed by atoms with Crippen molar-refractivity contribution in [2.24, 2.45) is 0 Å². The fourth-order valence-electron chi connectivity index (χ4n) is 2.89. The van der Waals surface area contributed by atoms with Crippen LogP contribution >= 0.6 is 0 Å². The Hall–Kier alpha value is -2.90. The largest absolute Gasteiger partial charge is 0.382 e. The third-order valence-corrected chi connectivity index (χ3v) is 4.15. The van der Waals surface area contributed by atoms with Crippen LogP contribution in [0.4, 0.5) is 0 Å². The number of rotatable bonds is 7. The van der Waals surface area contributed by atoms with Crippen LogP contribution in [0.3, 0.4) is 0 Å². The minimum absolute atomic E-state index is 0.699. The van der Waals surface area contributed by atoms with Crippen molar-refractivity contribution in [1.82, 2.24) is 9.55 Å². The molecule has 2 aromatic carbocycles. The lowest BCUT2D eigenvalue weighted by Gasteiger charge is -2.12. The van der Waals surface area contributed by atoms with Gasteiger partial charge in [-0.3, -0.25) is 0 Å². The molecule has 25 heavy (non-hydrogen) atoms. The van der Waals surface area contributed by atoms with E-state index in [0.29, 0.717) is 5.56 Å². The SMILES string of the molecule is CCOCCCc1cc(C#N)ccc1-c1ccc(-n2ccnc2)cc1. The molecule has 0 aliphatic carbocycles. The predicted molar refractivity (Wildman–Crippen MR) is 98.5 cm³/mol. The lowest BCUT2D eigenvalue weighted by atomic mass is 9.95. The van der Waals surface area contributed by atoms with Gasteiger partial charge in [0.2, 0.25) is 0 Å². The van der Waals surface area contributed by atoms with Gasteiger partial charge in [0.25, 0.3) is 0 Å². The van der Waals surface area contributed by atoms with Crippen LogP contribution in [0.2, 0.25) is 0 Å². The zero-order valence-electron chi connectivity index (χ0n) is 14.4. The second-order valence-corrected chi connectivity index (χ2v) is 5.80. The maximum atomic E-state index is 9.19. The second-order valence-electron chi connectivity index (χ2n) is 5.80. The number of hydrogen-bond donors (Lipinski definition) is 0. The van der Waals surface area contributed by atoms with Gasteiger partial charge in [-0.25, -0.2) is 4.98 Å². The number of nitriles is 1. The molecule has 0 saturated carbocycles. The van der Waals surface area contributed by atoms with Gasteiger partial charge in [-0.1, -0.05) is 18.2 Å². The molecule has 4 nitrogen and oxygen atoms in total. The summed E-state index contributed by atoms with van der Waals surface area (Å²) in [6.45, 7) is 3.48. The van der Waals surface area contributed by atoms with Crippen molar-refractivity contribution >= 4 is 0 Å². The van der Waals surface area contributed by atoms with Gasteiger partial charge >= 0.3 is 0 Å². The lowest BCUT2D eigenvalue weighted by molar-refractivity contribution is 0.145. The Morgan fingerprint density at radius 2 is 2.00 bits per heavy atom. The molecular weight excluding hydrogens is 310 g/mol. The molecule has 0 atom stereocenters. The monoisotopic (exact) mass is 331 g/mol. The summed E-state index contributed by atoms with van der Waals surface area (Å²) in [5.41, 5.74) is 5.29. The Balaban J connectivity index is 1.86. The van der Waals surface area contributed by atoms with Crippen LogP contribution in [-0.2, 0) is 11.2 Å². The maximum absolute atomic E-state index is 9.19. The fraction of sp³-hybridized carbons (Fsp3) is 0.238. The van der Waals surface area contributed by atoms with E-state index in [4.69, 9.17) is 4.74 Å². The Morgan fingerprint density at radius 1 is 1.16 bits per heavy atom. The maximum Gasteiger partial charge on any atom is 0.0991 e. The summed E-state index contributed by atoms with van der Waals surface area (Å²) in [5.74, 6) is 0. The Bertz CT molecular complexity index is 846. The van der Waals surface area contributed by atoms with Gasteiger partial charge in [0.05, 0.1) is 18.0 Å². The molecule has 0 bridgehead atoms. The predicted octanol–water partition coefficient (Wildman–Crippen LogP) is 4.38. The molecule has 1 aromatic heterocycles. The average molecular weight is 331 g/mol. The summed E-state index contributed by atoms with van der Waals surface area (Å²) in [5, 5.41) is 9.19. The van der Waals surface area contributed by atoms with E-state index in [0.717, 1.165) is 37.3 Å². The minimum Gasteiger partial charge on any atom is -0.382 e. The van der Waals surface area contributed by atoms with Gasteiger partial charge in [-0.05, 0) is 60.7 Å². The molecule has 0 amide bonds. The quantitative estimate of drug-likeness (QED) is 0.604. The molecule has 0 N–H and O–H groups in total. The number of aromatic nitrogens is 2. The van der Waals surface area contributed by atoms with E-state index in [9.17, 15) is 5.26 Å². The van der Waals surface area contributed by atoms with Crippen molar-refractivity contribution in [2.75, 3.05) is 13.2 Å². The normalized spacial score (nSPS) is 10.6. The number of imidazole rings is 1. The number of aryl methyl sites for hydroxylation is 1. The van der Waals surface area contributed by atoms with E-state index in [2.05, 4.69) is 35.3 Å². The molecule has 0 aliphatic heterocycles. The zero-order chi connectivity index (χ0) is 17.5. The van der Waals surface area contributed by atoms with Crippen LogP contribution in [-0.4, -0.2) is 22.8 Å². The van der Waals surface area contributed by atoms with Crippen molar-refractivity contribution in [3.8, 4) is 22.9 Å². The molecule has 126 valence electrons. The summed E-state index contributed by atoms with van der Waals surface area (Å²) in [4.78, 5) is 4.08. The smallest absolute Gasteiger partial charge is 0.0991 e. The third-order valence-electron chi connectivity index (χ3n) is 4.15. The van der Waals surface area contributed by atoms with Gasteiger partial charge in [-0.15, -0.1) is 0 Å². The third kappa shape index (κ3) is 4.14. The van der Waals surface area contributed by atoms with Crippen molar-refractivity contribution in [3.63, 3.8) is 0 Å². The number of ether oxygens (including phenoxy) is 1. The molecule has 3 rings (SSSR count). The first-order valence-electron chi connectivity index (χ1n) is 8.51. The first-order chi connectivity index (χ1) is 12.3. The van der Waals surface area contributed by atoms with E-state index >= 15 is 0 Å². The molecule has 0 fully saturated rings. The van der Waals surface area contributed by atoms with Crippen molar-refractivity contribution in [2.45, 2.75) is 19.8 Å². The van der Waals surface area contributed by atoms with E-state index in [1.54, 1.807) is 12.5 Å². The van der Waals surface area contributed by atoms with Crippen LogP contribution in [0.5, 0.6) is 0 Å². The first-order valence-corrected chi connectivity index (χ1v) is 8.51. The molecule has 1 heterocycles. The van der Waals surface area contributed by atoms with Crippen molar-refractivity contribution in [1.29, 1.82) is 5.26 Å². The Kier molecular flexibility index (Phi) is 5.61. The summed E-state index contributed by atoms with van der Waals surface area (Å²) in [6.07, 6.45) is 7.33. The van der Waals surface area contributed by atoms with Gasteiger partial charge in [-0.2, -0.15) is 5.26 Å². The zero-order valence-corrected chi connectivity index (χ0v) is 14.4.